The number of hydrogen-bond acceptors (Lipinski definition) is 6. The van der Waals surface area contributed by atoms with Crippen LogP contribution in [0.1, 0.15) is 42.9 Å². The summed E-state index contributed by atoms with van der Waals surface area (Å²) < 4.78 is 15.9. The maximum atomic E-state index is 14.2. The van der Waals surface area contributed by atoms with Crippen LogP contribution in [0.3, 0.4) is 0 Å². The highest BCUT2D eigenvalue weighted by molar-refractivity contribution is 5.90. The van der Waals surface area contributed by atoms with Crippen molar-refractivity contribution >= 4 is 17.0 Å². The van der Waals surface area contributed by atoms with Crippen LogP contribution in [0.4, 0.5) is 10.3 Å². The van der Waals surface area contributed by atoms with Crippen molar-refractivity contribution in [2.75, 3.05) is 5.73 Å². The molecular weight excluding hydrogens is 369 g/mol. The van der Waals surface area contributed by atoms with Crippen molar-refractivity contribution in [3.8, 4) is 11.4 Å². The van der Waals surface area contributed by atoms with E-state index in [4.69, 9.17) is 10.8 Å². The Kier molecular flexibility index (Phi) is 4.38. The van der Waals surface area contributed by atoms with Gasteiger partial charge in [-0.25, -0.2) is 19.0 Å². The molecule has 2 N–H and O–H groups in total. The van der Waals surface area contributed by atoms with E-state index in [1.165, 1.54) is 18.9 Å². The van der Waals surface area contributed by atoms with Gasteiger partial charge in [0, 0.05) is 23.1 Å². The summed E-state index contributed by atoms with van der Waals surface area (Å²) in [6, 6.07) is 10.5. The zero-order valence-corrected chi connectivity index (χ0v) is 15.8. The van der Waals surface area contributed by atoms with Gasteiger partial charge >= 0.3 is 0 Å². The predicted octanol–water partition coefficient (Wildman–Crippen LogP) is 3.71. The van der Waals surface area contributed by atoms with E-state index in [0.717, 1.165) is 23.9 Å². The average Bonchev–Trinajstić information content (AvgIpc) is 3.38. The van der Waals surface area contributed by atoms with Gasteiger partial charge in [0.1, 0.15) is 17.2 Å². The zero-order valence-electron chi connectivity index (χ0n) is 15.8. The second kappa shape index (κ2) is 7.20. The fourth-order valence-electron chi connectivity index (χ4n) is 4.08. The van der Waals surface area contributed by atoms with Crippen molar-refractivity contribution in [1.82, 2.24) is 29.9 Å². The van der Waals surface area contributed by atoms with E-state index < -0.39 is 0 Å². The molecular formula is C21H20FN7. The monoisotopic (exact) mass is 389 g/mol. The van der Waals surface area contributed by atoms with Gasteiger partial charge < -0.3 is 5.73 Å². The van der Waals surface area contributed by atoms with Gasteiger partial charge in [-0.2, -0.15) is 5.10 Å². The number of benzene rings is 1. The lowest BCUT2D eigenvalue weighted by atomic mass is 10.00. The lowest BCUT2D eigenvalue weighted by molar-refractivity contribution is 0.589. The summed E-state index contributed by atoms with van der Waals surface area (Å²) in [5.41, 5.74) is 9.23. The van der Waals surface area contributed by atoms with E-state index in [0.29, 0.717) is 28.5 Å². The summed E-state index contributed by atoms with van der Waals surface area (Å²) in [6.07, 6.45) is 6.15. The first kappa shape index (κ1) is 17.7. The van der Waals surface area contributed by atoms with Crippen molar-refractivity contribution in [3.05, 3.63) is 59.7 Å². The van der Waals surface area contributed by atoms with E-state index in [2.05, 4.69) is 20.2 Å². The number of nitrogens with zero attached hydrogens (tertiary/aromatic N) is 6. The molecule has 8 heteroatoms. The Hall–Kier alpha value is -3.42. The molecule has 7 nitrogen and oxygen atoms in total. The quantitative estimate of drug-likeness (QED) is 0.572. The Morgan fingerprint density at radius 3 is 2.69 bits per heavy atom. The molecule has 0 bridgehead atoms. The van der Waals surface area contributed by atoms with Crippen molar-refractivity contribution in [2.45, 2.75) is 38.1 Å². The molecule has 3 aromatic heterocycles. The third-order valence-electron chi connectivity index (χ3n) is 5.48. The molecule has 0 amide bonds. The number of fused-ring (bicyclic) bond motifs is 1. The first-order valence-electron chi connectivity index (χ1n) is 9.76. The highest BCUT2D eigenvalue weighted by atomic mass is 19.1. The zero-order chi connectivity index (χ0) is 19.8. The van der Waals surface area contributed by atoms with Crippen molar-refractivity contribution in [1.29, 1.82) is 0 Å². The average molecular weight is 389 g/mol. The Balaban J connectivity index is 1.67. The maximum absolute atomic E-state index is 14.2. The lowest BCUT2D eigenvalue weighted by Gasteiger charge is -2.11. The van der Waals surface area contributed by atoms with Crippen LogP contribution in [-0.4, -0.2) is 29.9 Å². The van der Waals surface area contributed by atoms with Gasteiger partial charge in [0.05, 0.1) is 12.2 Å². The molecule has 0 atom stereocenters. The molecule has 3 heterocycles. The second-order valence-corrected chi connectivity index (χ2v) is 7.36. The molecule has 1 aromatic carbocycles. The van der Waals surface area contributed by atoms with E-state index in [-0.39, 0.29) is 18.3 Å². The molecule has 1 aliphatic carbocycles. The minimum atomic E-state index is -0.270. The summed E-state index contributed by atoms with van der Waals surface area (Å²) in [4.78, 5) is 8.99. The molecule has 1 aliphatic rings. The molecule has 1 fully saturated rings. The van der Waals surface area contributed by atoms with Gasteiger partial charge in [0.15, 0.2) is 5.65 Å². The molecule has 0 saturated heterocycles. The number of hydrogen-bond donors (Lipinski definition) is 1. The molecule has 29 heavy (non-hydrogen) atoms. The number of rotatable bonds is 4. The Morgan fingerprint density at radius 1 is 1.03 bits per heavy atom. The molecule has 1 saturated carbocycles. The minimum Gasteiger partial charge on any atom is -0.366 e. The Morgan fingerprint density at radius 2 is 1.86 bits per heavy atom. The summed E-state index contributed by atoms with van der Waals surface area (Å²) in [6.45, 7) is 0.271. The smallest absolute Gasteiger partial charge is 0.240 e. The number of aromatic nitrogens is 6. The lowest BCUT2D eigenvalue weighted by Crippen LogP contribution is -2.09. The standard InChI is InChI=1S/C21H20FN7/c22-16-10-4-3-8-14(16)12-29-20-15(9-5-11-24-20)18(28-29)19-17(13-6-1-2-7-13)26-27-21(23)25-19/h3-5,8-11,13H,1-2,6-7,12H2,(H2,23,25,27). The predicted molar refractivity (Wildman–Crippen MR) is 107 cm³/mol. The van der Waals surface area contributed by atoms with E-state index in [1.807, 2.05) is 18.2 Å². The molecule has 0 radical (unpaired) electrons. The number of nitrogens with two attached hydrogens (primary N) is 1. The maximum Gasteiger partial charge on any atom is 0.240 e. The number of pyridine rings is 1. The summed E-state index contributed by atoms with van der Waals surface area (Å²) >= 11 is 0. The first-order valence-corrected chi connectivity index (χ1v) is 9.76. The number of anilines is 1. The van der Waals surface area contributed by atoms with Crippen molar-refractivity contribution in [2.24, 2.45) is 0 Å². The molecule has 146 valence electrons. The normalized spacial score (nSPS) is 14.7. The number of halogens is 1. The largest absolute Gasteiger partial charge is 0.366 e. The second-order valence-electron chi connectivity index (χ2n) is 7.36. The SMILES string of the molecule is Nc1nnc(C2CCCC2)c(-c2nn(Cc3ccccc3F)c3ncccc23)n1. The fourth-order valence-corrected chi connectivity index (χ4v) is 4.08. The third-order valence-corrected chi connectivity index (χ3v) is 5.48. The van der Waals surface area contributed by atoms with Crippen LogP contribution >= 0.6 is 0 Å². The fraction of sp³-hybridized carbons (Fsp3) is 0.286. The van der Waals surface area contributed by atoms with Gasteiger partial charge in [-0.3, -0.25) is 0 Å². The van der Waals surface area contributed by atoms with Crippen molar-refractivity contribution in [3.63, 3.8) is 0 Å². The molecule has 0 spiro atoms. The van der Waals surface area contributed by atoms with E-state index in [9.17, 15) is 4.39 Å². The number of nitrogen functional groups attached to an aromatic ring is 1. The van der Waals surface area contributed by atoms with Gasteiger partial charge in [-0.15, -0.1) is 10.2 Å². The van der Waals surface area contributed by atoms with Crippen LogP contribution in [0.2, 0.25) is 0 Å². The van der Waals surface area contributed by atoms with Gasteiger partial charge in [0.2, 0.25) is 5.95 Å². The third kappa shape index (κ3) is 3.20. The van der Waals surface area contributed by atoms with Crippen molar-refractivity contribution < 1.29 is 4.39 Å². The van der Waals surface area contributed by atoms with Crippen LogP contribution in [0, 0.1) is 5.82 Å². The highest BCUT2D eigenvalue weighted by Gasteiger charge is 2.27. The van der Waals surface area contributed by atoms with Crippen LogP contribution in [0.15, 0.2) is 42.6 Å². The molecule has 5 rings (SSSR count). The molecule has 0 aliphatic heterocycles. The Labute approximate surface area is 166 Å². The van der Waals surface area contributed by atoms with Crippen LogP contribution < -0.4 is 5.73 Å². The topological polar surface area (TPSA) is 95.4 Å². The van der Waals surface area contributed by atoms with Gasteiger partial charge in [-0.05, 0) is 31.0 Å². The summed E-state index contributed by atoms with van der Waals surface area (Å²) in [5, 5.41) is 14.0. The van der Waals surface area contributed by atoms with E-state index in [1.54, 1.807) is 23.0 Å². The van der Waals surface area contributed by atoms with Crippen LogP contribution in [0.5, 0.6) is 0 Å². The molecule has 0 unspecified atom stereocenters. The van der Waals surface area contributed by atoms with E-state index >= 15 is 0 Å². The van der Waals surface area contributed by atoms with Crippen LogP contribution in [0.25, 0.3) is 22.4 Å². The summed E-state index contributed by atoms with van der Waals surface area (Å²) in [7, 11) is 0. The minimum absolute atomic E-state index is 0.113. The molecule has 4 aromatic rings. The summed E-state index contributed by atoms with van der Waals surface area (Å²) in [5.74, 6) is 0.143. The first-order chi connectivity index (χ1) is 14.2. The van der Waals surface area contributed by atoms with Gasteiger partial charge in [0.25, 0.3) is 0 Å². The van der Waals surface area contributed by atoms with Crippen LogP contribution in [-0.2, 0) is 6.54 Å². The highest BCUT2D eigenvalue weighted by Crippen LogP contribution is 2.38. The van der Waals surface area contributed by atoms with Gasteiger partial charge in [-0.1, -0.05) is 31.0 Å². The Bertz CT molecular complexity index is 1180.